The average molecular weight is 292 g/mol. The number of nitrogens with one attached hydrogen (secondary N) is 1. The van der Waals surface area contributed by atoms with Crippen LogP contribution in [0.25, 0.3) is 0 Å². The van der Waals surface area contributed by atoms with E-state index in [0.29, 0.717) is 5.56 Å². The van der Waals surface area contributed by atoms with Crippen LogP contribution in [-0.4, -0.2) is 53.7 Å². The van der Waals surface area contributed by atoms with Crippen LogP contribution in [0.15, 0.2) is 30.3 Å². The molecular formula is C14H16N2O5. The second kappa shape index (κ2) is 6.25. The van der Waals surface area contributed by atoms with Crippen LogP contribution in [0.2, 0.25) is 0 Å². The number of carbonyl (C=O) groups excluding carboxylic acids is 2. The molecule has 1 saturated heterocycles. The molecule has 1 fully saturated rings. The first-order valence-corrected chi connectivity index (χ1v) is 6.46. The van der Waals surface area contributed by atoms with Gasteiger partial charge < -0.3 is 15.2 Å². The predicted octanol–water partition coefficient (Wildman–Crippen LogP) is 0.710. The molecule has 1 heterocycles. The number of esters is 1. The molecule has 0 unspecified atom stereocenters. The lowest BCUT2D eigenvalue weighted by Gasteiger charge is -2.18. The van der Waals surface area contributed by atoms with Crippen molar-refractivity contribution in [2.75, 3.05) is 13.7 Å². The highest BCUT2D eigenvalue weighted by Crippen LogP contribution is 2.19. The van der Waals surface area contributed by atoms with Crippen LogP contribution >= 0.6 is 0 Å². The van der Waals surface area contributed by atoms with Gasteiger partial charge in [-0.1, -0.05) is 18.2 Å². The van der Waals surface area contributed by atoms with Crippen molar-refractivity contribution in [2.45, 2.75) is 18.5 Å². The van der Waals surface area contributed by atoms with E-state index in [0.717, 1.165) is 4.90 Å². The molecular weight excluding hydrogens is 276 g/mol. The van der Waals surface area contributed by atoms with Gasteiger partial charge in [-0.25, -0.2) is 9.59 Å². The number of hydrogen-bond donors (Lipinski definition) is 2. The molecule has 0 spiro atoms. The van der Waals surface area contributed by atoms with Gasteiger partial charge >= 0.3 is 12.1 Å². The maximum atomic E-state index is 12.0. The van der Waals surface area contributed by atoms with Crippen molar-refractivity contribution in [1.82, 2.24) is 10.2 Å². The van der Waals surface area contributed by atoms with E-state index in [2.05, 4.69) is 10.1 Å². The number of likely N-dealkylation sites (tertiary alicyclic amines) is 1. The number of hydrogen-bond acceptors (Lipinski definition) is 4. The Kier molecular flexibility index (Phi) is 4.42. The van der Waals surface area contributed by atoms with Gasteiger partial charge in [-0.15, -0.1) is 0 Å². The third kappa shape index (κ3) is 3.31. The smallest absolute Gasteiger partial charge is 0.408 e. The molecule has 1 aliphatic rings. The van der Waals surface area contributed by atoms with Crippen molar-refractivity contribution in [3.8, 4) is 0 Å². The lowest BCUT2D eigenvalue weighted by atomic mass is 10.1. The summed E-state index contributed by atoms with van der Waals surface area (Å²) < 4.78 is 4.60. The van der Waals surface area contributed by atoms with E-state index in [1.54, 1.807) is 30.3 Å². The van der Waals surface area contributed by atoms with Gasteiger partial charge in [0.25, 0.3) is 5.91 Å². The van der Waals surface area contributed by atoms with Crippen molar-refractivity contribution in [1.29, 1.82) is 0 Å². The first kappa shape index (κ1) is 14.8. The Morgan fingerprint density at radius 2 is 1.95 bits per heavy atom. The summed E-state index contributed by atoms with van der Waals surface area (Å²) >= 11 is 0. The van der Waals surface area contributed by atoms with Crippen LogP contribution in [-0.2, 0) is 9.53 Å². The van der Waals surface area contributed by atoms with E-state index < -0.39 is 24.1 Å². The summed E-state index contributed by atoms with van der Waals surface area (Å²) in [4.78, 5) is 35.7. The largest absolute Gasteiger partial charge is 0.467 e. The van der Waals surface area contributed by atoms with Crippen LogP contribution in [0.5, 0.6) is 0 Å². The SMILES string of the molecule is COC(=O)[C@@H]1C[C@@H](NC(=O)c2ccccc2)CN1C(=O)O. The van der Waals surface area contributed by atoms with E-state index in [4.69, 9.17) is 5.11 Å². The number of rotatable bonds is 3. The second-order valence-corrected chi connectivity index (χ2v) is 4.75. The normalized spacial score (nSPS) is 20.9. The van der Waals surface area contributed by atoms with E-state index in [1.165, 1.54) is 7.11 Å². The summed E-state index contributed by atoms with van der Waals surface area (Å²) in [5.74, 6) is -0.912. The minimum absolute atomic E-state index is 0.0632. The van der Waals surface area contributed by atoms with E-state index in [9.17, 15) is 14.4 Å². The number of ether oxygens (including phenoxy) is 1. The maximum Gasteiger partial charge on any atom is 0.408 e. The Morgan fingerprint density at radius 3 is 2.52 bits per heavy atom. The molecule has 0 bridgehead atoms. The van der Waals surface area contributed by atoms with Crippen molar-refractivity contribution in [3.05, 3.63) is 35.9 Å². The van der Waals surface area contributed by atoms with E-state index in [-0.39, 0.29) is 18.9 Å². The monoisotopic (exact) mass is 292 g/mol. The molecule has 112 valence electrons. The van der Waals surface area contributed by atoms with Gasteiger partial charge in [0.2, 0.25) is 0 Å². The minimum Gasteiger partial charge on any atom is -0.467 e. The first-order chi connectivity index (χ1) is 10.0. The Bertz CT molecular complexity index is 546. The predicted molar refractivity (Wildman–Crippen MR) is 72.8 cm³/mol. The number of methoxy groups -OCH3 is 1. The summed E-state index contributed by atoms with van der Waals surface area (Å²) in [5.41, 5.74) is 0.487. The number of benzene rings is 1. The zero-order chi connectivity index (χ0) is 15.4. The van der Waals surface area contributed by atoms with Crippen molar-refractivity contribution >= 4 is 18.0 Å². The number of amides is 2. The topological polar surface area (TPSA) is 95.9 Å². The standard InChI is InChI=1S/C14H16N2O5/c1-21-13(18)11-7-10(8-16(11)14(19)20)15-12(17)9-5-3-2-4-6-9/h2-6,10-11H,7-8H2,1H3,(H,15,17)(H,19,20)/t10-,11+/m1/s1. The van der Waals surface area contributed by atoms with E-state index >= 15 is 0 Å². The zero-order valence-corrected chi connectivity index (χ0v) is 11.5. The molecule has 7 nitrogen and oxygen atoms in total. The molecule has 7 heteroatoms. The Morgan fingerprint density at radius 1 is 1.29 bits per heavy atom. The summed E-state index contributed by atoms with van der Waals surface area (Å²) in [7, 11) is 1.21. The molecule has 1 aromatic rings. The number of carboxylic acid groups (broad SMARTS) is 1. The average Bonchev–Trinajstić information content (AvgIpc) is 2.91. The van der Waals surface area contributed by atoms with Crippen LogP contribution in [0.1, 0.15) is 16.8 Å². The molecule has 0 radical (unpaired) electrons. The highest BCUT2D eigenvalue weighted by Gasteiger charge is 2.41. The molecule has 2 N–H and O–H groups in total. The van der Waals surface area contributed by atoms with Gasteiger partial charge in [-0.05, 0) is 12.1 Å². The number of nitrogens with zero attached hydrogens (tertiary/aromatic N) is 1. The van der Waals surface area contributed by atoms with Gasteiger partial charge in [0.05, 0.1) is 7.11 Å². The number of carbonyl (C=O) groups is 3. The van der Waals surface area contributed by atoms with Crippen LogP contribution < -0.4 is 5.32 Å². The Hall–Kier alpha value is -2.57. The molecule has 2 amide bonds. The summed E-state index contributed by atoms with van der Waals surface area (Å²) in [6.07, 6.45) is -1.00. The molecule has 1 aliphatic heterocycles. The lowest BCUT2D eigenvalue weighted by molar-refractivity contribution is -0.145. The van der Waals surface area contributed by atoms with Gasteiger partial charge in [0, 0.05) is 24.6 Å². The van der Waals surface area contributed by atoms with E-state index in [1.807, 2.05) is 0 Å². The molecule has 0 aromatic heterocycles. The summed E-state index contributed by atoms with van der Waals surface area (Å²) in [6.45, 7) is 0.0632. The van der Waals surface area contributed by atoms with Crippen molar-refractivity contribution in [3.63, 3.8) is 0 Å². The van der Waals surface area contributed by atoms with Gasteiger partial charge in [-0.2, -0.15) is 0 Å². The van der Waals surface area contributed by atoms with Gasteiger partial charge in [0.1, 0.15) is 6.04 Å². The minimum atomic E-state index is -1.21. The molecule has 2 atom stereocenters. The fraction of sp³-hybridized carbons (Fsp3) is 0.357. The van der Waals surface area contributed by atoms with Crippen molar-refractivity contribution in [2.24, 2.45) is 0 Å². The Labute approximate surface area is 121 Å². The molecule has 0 saturated carbocycles. The molecule has 2 rings (SSSR count). The Balaban J connectivity index is 2.04. The van der Waals surface area contributed by atoms with Gasteiger partial charge in [0.15, 0.2) is 0 Å². The fourth-order valence-corrected chi connectivity index (χ4v) is 2.37. The highest BCUT2D eigenvalue weighted by molar-refractivity contribution is 5.94. The fourth-order valence-electron chi connectivity index (χ4n) is 2.37. The highest BCUT2D eigenvalue weighted by atomic mass is 16.5. The lowest BCUT2D eigenvalue weighted by Crippen LogP contribution is -2.41. The third-order valence-corrected chi connectivity index (χ3v) is 3.39. The quantitative estimate of drug-likeness (QED) is 0.800. The first-order valence-electron chi connectivity index (χ1n) is 6.46. The molecule has 0 aliphatic carbocycles. The van der Waals surface area contributed by atoms with Crippen molar-refractivity contribution < 1.29 is 24.2 Å². The van der Waals surface area contributed by atoms with Crippen LogP contribution in [0.4, 0.5) is 4.79 Å². The third-order valence-electron chi connectivity index (χ3n) is 3.39. The van der Waals surface area contributed by atoms with Crippen LogP contribution in [0, 0.1) is 0 Å². The molecule has 1 aromatic carbocycles. The molecule has 21 heavy (non-hydrogen) atoms. The summed E-state index contributed by atoms with van der Waals surface area (Å²) in [6, 6.07) is 7.31. The van der Waals surface area contributed by atoms with Crippen LogP contribution in [0.3, 0.4) is 0 Å². The summed E-state index contributed by atoms with van der Waals surface area (Å²) in [5, 5.41) is 11.8. The van der Waals surface area contributed by atoms with Gasteiger partial charge in [-0.3, -0.25) is 9.69 Å². The second-order valence-electron chi connectivity index (χ2n) is 4.75. The zero-order valence-electron chi connectivity index (χ0n) is 11.5. The maximum absolute atomic E-state index is 12.0.